The minimum Gasteiger partial charge on any atom is -0.494 e. The van der Waals surface area contributed by atoms with E-state index in [9.17, 15) is 9.90 Å². The van der Waals surface area contributed by atoms with Crippen LogP contribution in [0, 0.1) is 0 Å². The van der Waals surface area contributed by atoms with Gasteiger partial charge >= 0.3 is 0 Å². The Morgan fingerprint density at radius 1 is 1.23 bits per heavy atom. The van der Waals surface area contributed by atoms with Crippen molar-refractivity contribution in [2.75, 3.05) is 7.11 Å². The van der Waals surface area contributed by atoms with Gasteiger partial charge in [-0.05, 0) is 44.2 Å². The number of carbonyl (C=O) groups excluding carboxylic acids is 1. The third kappa shape index (κ3) is 4.39. The number of hydrogen-bond donors (Lipinski definition) is 2. The number of imidazole rings is 1. The Balaban J connectivity index is 1.78. The number of methoxy groups -OCH3 is 1. The van der Waals surface area contributed by atoms with E-state index in [-0.39, 0.29) is 6.54 Å². The molecule has 4 aromatic rings. The van der Waals surface area contributed by atoms with Gasteiger partial charge in [-0.3, -0.25) is 14.8 Å². The van der Waals surface area contributed by atoms with Gasteiger partial charge < -0.3 is 19.4 Å². The third-order valence-corrected chi connectivity index (χ3v) is 4.74. The zero-order valence-corrected chi connectivity index (χ0v) is 17.5. The number of fused-ring (bicyclic) bond motifs is 1. The Hall–Kier alpha value is -3.78. The number of pyridine rings is 2. The lowest BCUT2D eigenvalue weighted by molar-refractivity contribution is 0.0612. The highest BCUT2D eigenvalue weighted by molar-refractivity contribution is 5.96. The highest BCUT2D eigenvalue weighted by Gasteiger charge is 2.18. The van der Waals surface area contributed by atoms with Crippen LogP contribution in [0.3, 0.4) is 0 Å². The van der Waals surface area contributed by atoms with Crippen LogP contribution in [0.4, 0.5) is 0 Å². The van der Waals surface area contributed by atoms with E-state index >= 15 is 0 Å². The van der Waals surface area contributed by atoms with Crippen molar-refractivity contribution in [1.82, 2.24) is 19.5 Å². The van der Waals surface area contributed by atoms with E-state index in [1.165, 1.54) is 0 Å². The summed E-state index contributed by atoms with van der Waals surface area (Å²) >= 11 is 0. The molecule has 0 bridgehead atoms. The molecule has 31 heavy (non-hydrogen) atoms. The number of aromatic nitrogens is 4. The van der Waals surface area contributed by atoms with Gasteiger partial charge in [-0.1, -0.05) is 12.1 Å². The molecule has 0 aliphatic rings. The highest BCUT2D eigenvalue weighted by atomic mass is 16.5. The lowest BCUT2D eigenvalue weighted by Gasteiger charge is -2.18. The number of benzene rings is 1. The largest absolute Gasteiger partial charge is 0.494 e. The van der Waals surface area contributed by atoms with Crippen molar-refractivity contribution in [2.45, 2.75) is 26.0 Å². The summed E-state index contributed by atoms with van der Waals surface area (Å²) in [6.45, 7) is 3.70. The maximum atomic E-state index is 13.0. The van der Waals surface area contributed by atoms with E-state index in [2.05, 4.69) is 19.9 Å². The van der Waals surface area contributed by atoms with E-state index in [0.717, 1.165) is 16.6 Å². The first-order valence-corrected chi connectivity index (χ1v) is 9.79. The number of nitrogens with one attached hydrogen (secondary N) is 1. The van der Waals surface area contributed by atoms with Crippen LogP contribution in [-0.4, -0.2) is 43.2 Å². The van der Waals surface area contributed by atoms with Crippen LogP contribution in [0.1, 0.15) is 24.2 Å². The first-order chi connectivity index (χ1) is 14.9. The van der Waals surface area contributed by atoms with Crippen LogP contribution in [0.25, 0.3) is 22.3 Å². The fraction of sp³-hybridized carbons (Fsp3) is 0.217. The number of amides is 1. The van der Waals surface area contributed by atoms with E-state index in [1.807, 2.05) is 24.3 Å². The van der Waals surface area contributed by atoms with Crippen molar-refractivity contribution < 1.29 is 14.6 Å². The topological polar surface area (TPSA) is 105 Å². The maximum absolute atomic E-state index is 13.0. The highest BCUT2D eigenvalue weighted by Crippen LogP contribution is 2.27. The summed E-state index contributed by atoms with van der Waals surface area (Å²) in [6.07, 6.45) is 4.80. The molecule has 0 aliphatic heterocycles. The number of aliphatic hydroxyl groups is 1. The van der Waals surface area contributed by atoms with Gasteiger partial charge in [-0.2, -0.15) is 4.99 Å². The molecule has 8 nitrogen and oxygen atoms in total. The molecule has 3 aromatic heterocycles. The number of carbonyl (C=O) groups is 1. The number of rotatable bonds is 5. The zero-order chi connectivity index (χ0) is 22.0. The fourth-order valence-electron chi connectivity index (χ4n) is 3.38. The van der Waals surface area contributed by atoms with Crippen molar-refractivity contribution >= 4 is 16.9 Å². The Bertz CT molecular complexity index is 1310. The van der Waals surface area contributed by atoms with Gasteiger partial charge in [0.1, 0.15) is 5.75 Å². The van der Waals surface area contributed by atoms with E-state index in [1.54, 1.807) is 62.3 Å². The summed E-state index contributed by atoms with van der Waals surface area (Å²) in [4.78, 5) is 28.9. The molecule has 0 spiro atoms. The molecular weight excluding hydrogens is 394 g/mol. The van der Waals surface area contributed by atoms with Gasteiger partial charge in [0.2, 0.25) is 5.62 Å². The number of para-hydroxylation sites is 2. The van der Waals surface area contributed by atoms with Gasteiger partial charge in [0.25, 0.3) is 5.91 Å². The van der Waals surface area contributed by atoms with Gasteiger partial charge in [-0.15, -0.1) is 0 Å². The van der Waals surface area contributed by atoms with E-state index in [0.29, 0.717) is 22.6 Å². The normalized spacial score (nSPS) is 12.3. The molecule has 3 heterocycles. The Morgan fingerprint density at radius 3 is 2.81 bits per heavy atom. The SMILES string of the molecule is COc1cnccc1-c1cc(C(=O)/N=c2\[nH]c3ccccc3n2CC(C)(C)O)ccn1. The van der Waals surface area contributed by atoms with Gasteiger partial charge in [-0.25, -0.2) is 0 Å². The van der Waals surface area contributed by atoms with E-state index < -0.39 is 11.5 Å². The molecule has 2 N–H and O–H groups in total. The first-order valence-electron chi connectivity index (χ1n) is 9.79. The molecule has 0 radical (unpaired) electrons. The number of ether oxygens (including phenoxy) is 1. The lowest BCUT2D eigenvalue weighted by Crippen LogP contribution is -2.32. The summed E-state index contributed by atoms with van der Waals surface area (Å²) in [5.74, 6) is 0.142. The number of nitrogens with zero attached hydrogens (tertiary/aromatic N) is 4. The average molecular weight is 417 g/mol. The van der Waals surface area contributed by atoms with Crippen molar-refractivity contribution in [3.8, 4) is 17.0 Å². The molecule has 0 aliphatic carbocycles. The monoisotopic (exact) mass is 417 g/mol. The van der Waals surface area contributed by atoms with Crippen molar-refractivity contribution in [3.63, 3.8) is 0 Å². The summed E-state index contributed by atoms with van der Waals surface area (Å²) < 4.78 is 7.16. The number of hydrogen-bond acceptors (Lipinski definition) is 5. The maximum Gasteiger partial charge on any atom is 0.280 e. The van der Waals surface area contributed by atoms with Crippen LogP contribution < -0.4 is 10.4 Å². The number of H-pyrrole nitrogens is 1. The van der Waals surface area contributed by atoms with Crippen molar-refractivity contribution in [2.24, 2.45) is 4.99 Å². The summed E-state index contributed by atoms with van der Waals surface area (Å²) in [5.41, 5.74) is 2.77. The summed E-state index contributed by atoms with van der Waals surface area (Å²) in [6, 6.07) is 12.7. The smallest absolute Gasteiger partial charge is 0.280 e. The van der Waals surface area contributed by atoms with Crippen LogP contribution in [-0.2, 0) is 6.54 Å². The first kappa shape index (κ1) is 20.5. The van der Waals surface area contributed by atoms with Gasteiger partial charge in [0.05, 0.1) is 42.2 Å². The summed E-state index contributed by atoms with van der Waals surface area (Å²) in [7, 11) is 1.56. The molecule has 158 valence electrons. The van der Waals surface area contributed by atoms with Gasteiger partial charge in [0, 0.05) is 23.5 Å². The molecule has 0 fully saturated rings. The fourth-order valence-corrected chi connectivity index (χ4v) is 3.38. The van der Waals surface area contributed by atoms with Crippen LogP contribution in [0.5, 0.6) is 5.75 Å². The Kier molecular flexibility index (Phi) is 5.39. The van der Waals surface area contributed by atoms with Crippen LogP contribution in [0.2, 0.25) is 0 Å². The second-order valence-electron chi connectivity index (χ2n) is 7.79. The molecule has 8 heteroatoms. The molecular formula is C23H23N5O3. The Morgan fingerprint density at radius 2 is 2.03 bits per heavy atom. The van der Waals surface area contributed by atoms with Crippen LogP contribution >= 0.6 is 0 Å². The van der Waals surface area contributed by atoms with Crippen molar-refractivity contribution in [1.29, 1.82) is 0 Å². The molecule has 0 atom stereocenters. The molecule has 1 aromatic carbocycles. The van der Waals surface area contributed by atoms with Crippen molar-refractivity contribution in [3.05, 3.63) is 72.2 Å². The summed E-state index contributed by atoms with van der Waals surface area (Å²) in [5, 5.41) is 10.3. The quantitative estimate of drug-likeness (QED) is 0.519. The number of aromatic amines is 1. The minimum atomic E-state index is -0.981. The van der Waals surface area contributed by atoms with Gasteiger partial charge in [0.15, 0.2) is 0 Å². The predicted molar refractivity (Wildman–Crippen MR) is 117 cm³/mol. The molecule has 0 unspecified atom stereocenters. The lowest BCUT2D eigenvalue weighted by atomic mass is 10.1. The second-order valence-corrected chi connectivity index (χ2v) is 7.79. The zero-order valence-electron chi connectivity index (χ0n) is 17.5. The molecule has 1 amide bonds. The third-order valence-electron chi connectivity index (χ3n) is 4.74. The van der Waals surface area contributed by atoms with E-state index in [4.69, 9.17) is 4.74 Å². The van der Waals surface area contributed by atoms with Crippen LogP contribution in [0.15, 0.2) is 66.0 Å². The predicted octanol–water partition coefficient (Wildman–Crippen LogP) is 2.95. The Labute approximate surface area is 178 Å². The molecule has 0 saturated heterocycles. The standard InChI is InChI=1S/C23H23N5O3/c1-23(2,30)14-28-19-7-5-4-6-17(19)26-22(28)27-21(29)15-8-11-25-18(12-15)16-9-10-24-13-20(16)31-3/h4-13,30H,14H2,1-3H3,(H,26,27,29). The molecule has 4 rings (SSSR count). The minimum absolute atomic E-state index is 0.277. The molecule has 0 saturated carbocycles. The average Bonchev–Trinajstić information content (AvgIpc) is 3.09. The second kappa shape index (κ2) is 8.16.